The molecule has 0 spiro atoms. The average Bonchev–Trinajstić information content (AvgIpc) is 2.62. The van der Waals surface area contributed by atoms with Crippen LogP contribution < -0.4 is 9.46 Å². The summed E-state index contributed by atoms with van der Waals surface area (Å²) in [6, 6.07) is 13.4. The van der Waals surface area contributed by atoms with Crippen LogP contribution in [0.15, 0.2) is 47.4 Å². The molecule has 0 aromatic heterocycles. The molecule has 0 unspecified atom stereocenters. The maximum atomic E-state index is 11.0. The number of hydrogen-bond acceptors (Lipinski definition) is 6. The highest BCUT2D eigenvalue weighted by Crippen LogP contribution is 2.24. The van der Waals surface area contributed by atoms with Gasteiger partial charge in [0.1, 0.15) is 12.0 Å². The third kappa shape index (κ3) is 5.88. The van der Waals surface area contributed by atoms with Gasteiger partial charge in [0.05, 0.1) is 13.2 Å². The standard InChI is InChI=1S/C18H21NO4S/c1-14-3-8-18(11-15(14)12-20)24-19-16-4-6-17(7-5-16)23-13-22-10-9-21-2/h3-8,11-12,19H,9-10,13H2,1-2H3. The van der Waals surface area contributed by atoms with E-state index in [-0.39, 0.29) is 6.79 Å². The maximum Gasteiger partial charge on any atom is 0.189 e. The third-order valence-electron chi connectivity index (χ3n) is 3.26. The minimum Gasteiger partial charge on any atom is -0.468 e. The first-order valence-corrected chi connectivity index (χ1v) is 8.33. The van der Waals surface area contributed by atoms with Crippen LogP contribution >= 0.6 is 11.9 Å². The van der Waals surface area contributed by atoms with E-state index in [1.165, 1.54) is 11.9 Å². The van der Waals surface area contributed by atoms with Crippen LogP contribution in [0.3, 0.4) is 0 Å². The fourth-order valence-electron chi connectivity index (χ4n) is 1.86. The molecule has 0 fully saturated rings. The molecule has 0 bridgehead atoms. The van der Waals surface area contributed by atoms with Crippen LogP contribution in [0.5, 0.6) is 5.75 Å². The van der Waals surface area contributed by atoms with Crippen molar-refractivity contribution < 1.29 is 19.0 Å². The largest absolute Gasteiger partial charge is 0.468 e. The summed E-state index contributed by atoms with van der Waals surface area (Å²) in [5.74, 6) is 0.738. The van der Waals surface area contributed by atoms with Crippen molar-refractivity contribution in [2.45, 2.75) is 11.8 Å². The van der Waals surface area contributed by atoms with Crippen LogP contribution in [0.4, 0.5) is 5.69 Å². The molecule has 6 heteroatoms. The van der Waals surface area contributed by atoms with E-state index in [1.807, 2.05) is 49.4 Å². The predicted octanol–water partition coefficient (Wildman–Crippen LogP) is 3.93. The molecular weight excluding hydrogens is 326 g/mol. The van der Waals surface area contributed by atoms with E-state index >= 15 is 0 Å². The zero-order chi connectivity index (χ0) is 17.2. The second-order valence-corrected chi connectivity index (χ2v) is 5.91. The van der Waals surface area contributed by atoms with Gasteiger partial charge < -0.3 is 18.9 Å². The van der Waals surface area contributed by atoms with Gasteiger partial charge in [-0.05, 0) is 60.8 Å². The minimum atomic E-state index is 0.197. The Morgan fingerprint density at radius 2 is 1.92 bits per heavy atom. The smallest absolute Gasteiger partial charge is 0.189 e. The second kappa shape index (κ2) is 9.97. The summed E-state index contributed by atoms with van der Waals surface area (Å²) < 4.78 is 18.8. The van der Waals surface area contributed by atoms with Gasteiger partial charge >= 0.3 is 0 Å². The first-order valence-electron chi connectivity index (χ1n) is 7.51. The molecule has 0 aliphatic rings. The van der Waals surface area contributed by atoms with Crippen molar-refractivity contribution in [2.24, 2.45) is 0 Å². The van der Waals surface area contributed by atoms with Gasteiger partial charge in [0.25, 0.3) is 0 Å². The molecule has 128 valence electrons. The molecule has 0 aliphatic carbocycles. The monoisotopic (exact) mass is 347 g/mol. The normalized spacial score (nSPS) is 10.4. The summed E-state index contributed by atoms with van der Waals surface area (Å²) >= 11 is 1.46. The molecule has 0 saturated carbocycles. The van der Waals surface area contributed by atoms with Gasteiger partial charge in [-0.15, -0.1) is 0 Å². The van der Waals surface area contributed by atoms with Crippen molar-refractivity contribution in [2.75, 3.05) is 31.8 Å². The number of carbonyl (C=O) groups excluding carboxylic acids is 1. The number of carbonyl (C=O) groups is 1. The van der Waals surface area contributed by atoms with Gasteiger partial charge in [-0.25, -0.2) is 0 Å². The highest BCUT2D eigenvalue weighted by atomic mass is 32.2. The number of aryl methyl sites for hydroxylation is 1. The lowest BCUT2D eigenvalue weighted by molar-refractivity contribution is -0.00846. The summed E-state index contributed by atoms with van der Waals surface area (Å²) in [4.78, 5) is 12.0. The van der Waals surface area contributed by atoms with Crippen LogP contribution in [0, 0.1) is 6.92 Å². The molecule has 0 atom stereocenters. The molecule has 24 heavy (non-hydrogen) atoms. The Labute approximate surface area is 146 Å². The molecule has 0 saturated heterocycles. The highest BCUT2D eigenvalue weighted by Gasteiger charge is 2.01. The molecule has 1 N–H and O–H groups in total. The molecule has 2 rings (SSSR count). The Balaban J connectivity index is 1.80. The number of ether oxygens (including phenoxy) is 3. The zero-order valence-electron chi connectivity index (χ0n) is 13.8. The molecule has 5 nitrogen and oxygen atoms in total. The summed E-state index contributed by atoms with van der Waals surface area (Å²) in [6.45, 7) is 3.17. The zero-order valence-corrected chi connectivity index (χ0v) is 14.6. The topological polar surface area (TPSA) is 56.8 Å². The van der Waals surface area contributed by atoms with E-state index in [0.29, 0.717) is 18.8 Å². The molecular formula is C18H21NO4S. The summed E-state index contributed by atoms with van der Waals surface area (Å²) in [5.41, 5.74) is 2.63. The van der Waals surface area contributed by atoms with Crippen LogP contribution in [0.2, 0.25) is 0 Å². The first-order chi connectivity index (χ1) is 11.7. The van der Waals surface area contributed by atoms with Gasteiger partial charge in [0.15, 0.2) is 6.79 Å². The number of nitrogens with one attached hydrogen (secondary N) is 1. The summed E-state index contributed by atoms with van der Waals surface area (Å²) in [6.07, 6.45) is 0.875. The predicted molar refractivity (Wildman–Crippen MR) is 95.8 cm³/mol. The fourth-order valence-corrected chi connectivity index (χ4v) is 2.55. The molecule has 2 aromatic carbocycles. The lowest BCUT2D eigenvalue weighted by atomic mass is 10.1. The van der Waals surface area contributed by atoms with Gasteiger partial charge in [0, 0.05) is 23.3 Å². The van der Waals surface area contributed by atoms with Crippen molar-refractivity contribution in [1.82, 2.24) is 0 Å². The average molecular weight is 347 g/mol. The first kappa shape index (κ1) is 18.3. The number of anilines is 1. The highest BCUT2D eigenvalue weighted by molar-refractivity contribution is 8.00. The van der Waals surface area contributed by atoms with Crippen molar-refractivity contribution in [3.8, 4) is 5.75 Å². The Bertz CT molecular complexity index is 646. The number of rotatable bonds is 10. The van der Waals surface area contributed by atoms with E-state index < -0.39 is 0 Å². The Morgan fingerprint density at radius 3 is 2.62 bits per heavy atom. The Kier molecular flexibility index (Phi) is 7.61. The Morgan fingerprint density at radius 1 is 1.12 bits per heavy atom. The van der Waals surface area contributed by atoms with Crippen molar-refractivity contribution >= 4 is 23.9 Å². The van der Waals surface area contributed by atoms with Gasteiger partial charge in [-0.3, -0.25) is 4.79 Å². The summed E-state index contributed by atoms with van der Waals surface area (Å²) in [5, 5.41) is 0. The minimum absolute atomic E-state index is 0.197. The van der Waals surface area contributed by atoms with E-state index in [1.54, 1.807) is 7.11 Å². The second-order valence-electron chi connectivity index (χ2n) is 5.03. The molecule has 2 aromatic rings. The molecule has 0 aliphatic heterocycles. The van der Waals surface area contributed by atoms with Crippen LogP contribution in [0.25, 0.3) is 0 Å². The van der Waals surface area contributed by atoms with Crippen molar-refractivity contribution in [1.29, 1.82) is 0 Å². The SMILES string of the molecule is COCCOCOc1ccc(NSc2ccc(C)c(C=O)c2)cc1. The number of methoxy groups -OCH3 is 1. The van der Waals surface area contributed by atoms with E-state index in [2.05, 4.69) is 4.72 Å². The molecule has 0 amide bonds. The van der Waals surface area contributed by atoms with Gasteiger partial charge in [-0.1, -0.05) is 6.07 Å². The fraction of sp³-hybridized carbons (Fsp3) is 0.278. The molecule has 0 radical (unpaired) electrons. The quantitative estimate of drug-likeness (QED) is 0.304. The third-order valence-corrected chi connectivity index (χ3v) is 4.09. The van der Waals surface area contributed by atoms with Crippen LogP contribution in [-0.2, 0) is 9.47 Å². The number of aldehydes is 1. The van der Waals surface area contributed by atoms with E-state index in [0.717, 1.165) is 28.2 Å². The summed E-state index contributed by atoms with van der Waals surface area (Å²) in [7, 11) is 1.63. The number of hydrogen-bond donors (Lipinski definition) is 1. The van der Waals surface area contributed by atoms with Crippen molar-refractivity contribution in [3.63, 3.8) is 0 Å². The van der Waals surface area contributed by atoms with E-state index in [4.69, 9.17) is 14.2 Å². The Hall–Kier alpha value is -2.02. The lowest BCUT2D eigenvalue weighted by Gasteiger charge is -2.09. The molecule has 0 heterocycles. The lowest BCUT2D eigenvalue weighted by Crippen LogP contribution is -2.07. The van der Waals surface area contributed by atoms with Crippen LogP contribution in [-0.4, -0.2) is 33.4 Å². The van der Waals surface area contributed by atoms with Crippen LogP contribution in [0.1, 0.15) is 15.9 Å². The maximum absolute atomic E-state index is 11.0. The van der Waals surface area contributed by atoms with Crippen molar-refractivity contribution in [3.05, 3.63) is 53.6 Å². The number of benzene rings is 2. The van der Waals surface area contributed by atoms with Gasteiger partial charge in [-0.2, -0.15) is 0 Å². The van der Waals surface area contributed by atoms with Gasteiger partial charge in [0.2, 0.25) is 0 Å². The van der Waals surface area contributed by atoms with E-state index in [9.17, 15) is 4.79 Å².